The van der Waals surface area contributed by atoms with Crippen LogP contribution in [0.5, 0.6) is 0 Å². The molecule has 2 aromatic carbocycles. The van der Waals surface area contributed by atoms with E-state index < -0.39 is 0 Å². The maximum atomic E-state index is 12.0. The zero-order valence-corrected chi connectivity index (χ0v) is 17.2. The Bertz CT molecular complexity index is 790. The van der Waals surface area contributed by atoms with Gasteiger partial charge in [0.15, 0.2) is 0 Å². The summed E-state index contributed by atoms with van der Waals surface area (Å²) in [5.41, 5.74) is 3.30. The highest BCUT2D eigenvalue weighted by Crippen LogP contribution is 2.18. The zero-order chi connectivity index (χ0) is 20.5. The van der Waals surface area contributed by atoms with Crippen LogP contribution in [0, 0.1) is 5.92 Å². The van der Waals surface area contributed by atoms with Crippen LogP contribution in [0.25, 0.3) is 0 Å². The molecule has 2 amide bonds. The molecule has 3 rings (SSSR count). The van der Waals surface area contributed by atoms with Crippen molar-refractivity contribution in [1.82, 2.24) is 15.5 Å². The number of nitrogens with one attached hydrogen (secondary N) is 2. The molecule has 1 fully saturated rings. The topological polar surface area (TPSA) is 61.4 Å². The molecule has 0 unspecified atom stereocenters. The number of carbonyl (C=O) groups excluding carboxylic acids is 2. The van der Waals surface area contributed by atoms with Crippen LogP contribution >= 0.6 is 0 Å². The molecule has 2 aromatic rings. The molecular weight excluding hydrogens is 362 g/mol. The third-order valence-electron chi connectivity index (χ3n) is 5.31. The first-order chi connectivity index (χ1) is 14.1. The number of likely N-dealkylation sites (tertiary alicyclic amines) is 1. The number of carbonyl (C=O) groups is 2. The maximum absolute atomic E-state index is 12.0. The van der Waals surface area contributed by atoms with Gasteiger partial charge >= 0.3 is 0 Å². The van der Waals surface area contributed by atoms with Crippen LogP contribution in [0.4, 0.5) is 0 Å². The molecule has 2 N–H and O–H groups in total. The molecule has 0 spiro atoms. The van der Waals surface area contributed by atoms with Crippen molar-refractivity contribution in [3.8, 4) is 0 Å². The predicted octanol–water partition coefficient (Wildman–Crippen LogP) is 2.89. The van der Waals surface area contributed by atoms with Gasteiger partial charge in [0.25, 0.3) is 0 Å². The summed E-state index contributed by atoms with van der Waals surface area (Å²) in [6.45, 7) is 6.13. The Kier molecular flexibility index (Phi) is 7.82. The third-order valence-corrected chi connectivity index (χ3v) is 5.31. The van der Waals surface area contributed by atoms with Crippen molar-refractivity contribution >= 4 is 11.8 Å². The lowest BCUT2D eigenvalue weighted by Crippen LogP contribution is -2.37. The fourth-order valence-electron chi connectivity index (χ4n) is 3.74. The zero-order valence-electron chi connectivity index (χ0n) is 17.2. The average molecular weight is 394 g/mol. The van der Waals surface area contributed by atoms with Crippen LogP contribution < -0.4 is 10.6 Å². The molecule has 5 nitrogen and oxygen atoms in total. The minimum atomic E-state index is -0.183. The molecule has 0 radical (unpaired) electrons. The monoisotopic (exact) mass is 393 g/mol. The van der Waals surface area contributed by atoms with E-state index in [4.69, 9.17) is 0 Å². The van der Waals surface area contributed by atoms with Gasteiger partial charge in [-0.15, -0.1) is 0 Å². The SMILES string of the molecule is C[C@@H]1CCCN(Cc2ccc(CNC(=O)CNC(=O)Cc3ccccc3)cc2)C1. The Morgan fingerprint density at radius 1 is 0.931 bits per heavy atom. The van der Waals surface area contributed by atoms with Crippen LogP contribution in [0.3, 0.4) is 0 Å². The molecule has 0 saturated carbocycles. The molecule has 1 heterocycles. The smallest absolute Gasteiger partial charge is 0.239 e. The summed E-state index contributed by atoms with van der Waals surface area (Å²) in [5, 5.41) is 5.53. The number of piperidine rings is 1. The number of hydrogen-bond acceptors (Lipinski definition) is 3. The molecule has 29 heavy (non-hydrogen) atoms. The van der Waals surface area contributed by atoms with Crippen molar-refractivity contribution in [3.63, 3.8) is 0 Å². The van der Waals surface area contributed by atoms with E-state index in [0.717, 1.165) is 23.6 Å². The van der Waals surface area contributed by atoms with E-state index in [9.17, 15) is 9.59 Å². The Balaban J connectivity index is 1.36. The lowest BCUT2D eigenvalue weighted by molar-refractivity contribution is -0.125. The van der Waals surface area contributed by atoms with E-state index >= 15 is 0 Å². The summed E-state index contributed by atoms with van der Waals surface area (Å²) in [5.74, 6) is 0.451. The summed E-state index contributed by atoms with van der Waals surface area (Å²) >= 11 is 0. The lowest BCUT2D eigenvalue weighted by atomic mass is 9.99. The van der Waals surface area contributed by atoms with Gasteiger partial charge in [-0.05, 0) is 42.0 Å². The van der Waals surface area contributed by atoms with Gasteiger partial charge in [0, 0.05) is 19.6 Å². The number of amides is 2. The molecule has 1 aliphatic rings. The largest absolute Gasteiger partial charge is 0.350 e. The molecule has 0 aromatic heterocycles. The molecule has 5 heteroatoms. The van der Waals surface area contributed by atoms with Gasteiger partial charge in [0.05, 0.1) is 13.0 Å². The van der Waals surface area contributed by atoms with Crippen molar-refractivity contribution in [1.29, 1.82) is 0 Å². The second-order valence-corrected chi connectivity index (χ2v) is 8.01. The first-order valence-electron chi connectivity index (χ1n) is 10.5. The molecule has 1 atom stereocenters. The molecule has 154 valence electrons. The fourth-order valence-corrected chi connectivity index (χ4v) is 3.74. The van der Waals surface area contributed by atoms with Crippen molar-refractivity contribution in [2.75, 3.05) is 19.6 Å². The van der Waals surface area contributed by atoms with E-state index in [1.165, 1.54) is 31.5 Å². The first-order valence-corrected chi connectivity index (χ1v) is 10.5. The molecule has 0 aliphatic carbocycles. The number of rotatable bonds is 8. The van der Waals surface area contributed by atoms with Crippen LogP contribution in [0.15, 0.2) is 54.6 Å². The predicted molar refractivity (Wildman–Crippen MR) is 115 cm³/mol. The summed E-state index contributed by atoms with van der Waals surface area (Å²) in [4.78, 5) is 26.4. The van der Waals surface area contributed by atoms with Gasteiger partial charge in [-0.3, -0.25) is 14.5 Å². The molecule has 1 aliphatic heterocycles. The van der Waals surface area contributed by atoms with Crippen LogP contribution in [0.1, 0.15) is 36.5 Å². The number of benzene rings is 2. The first kappa shape index (κ1) is 21.1. The van der Waals surface area contributed by atoms with Gasteiger partial charge in [-0.1, -0.05) is 61.5 Å². The molecular formula is C24H31N3O2. The second kappa shape index (κ2) is 10.8. The van der Waals surface area contributed by atoms with Crippen molar-refractivity contribution in [2.24, 2.45) is 5.92 Å². The van der Waals surface area contributed by atoms with E-state index in [0.29, 0.717) is 6.54 Å². The minimum Gasteiger partial charge on any atom is -0.350 e. The van der Waals surface area contributed by atoms with Gasteiger partial charge in [0.2, 0.25) is 11.8 Å². The summed E-state index contributed by atoms with van der Waals surface area (Å²) < 4.78 is 0. The standard InChI is InChI=1S/C24H31N3O2/c1-19-6-5-13-27(17-19)18-22-11-9-21(10-12-22)15-25-24(29)16-26-23(28)14-20-7-3-2-4-8-20/h2-4,7-12,19H,5-6,13-18H2,1H3,(H,25,29)(H,26,28)/t19-/m1/s1. The summed E-state index contributed by atoms with van der Waals surface area (Å²) in [6, 6.07) is 17.9. The van der Waals surface area contributed by atoms with Crippen molar-refractivity contribution in [2.45, 2.75) is 39.3 Å². The van der Waals surface area contributed by atoms with E-state index in [1.54, 1.807) is 0 Å². The maximum Gasteiger partial charge on any atom is 0.239 e. The third kappa shape index (κ3) is 7.35. The van der Waals surface area contributed by atoms with Crippen molar-refractivity contribution < 1.29 is 9.59 Å². The second-order valence-electron chi connectivity index (χ2n) is 8.01. The molecule has 0 bridgehead atoms. The highest BCUT2D eigenvalue weighted by atomic mass is 16.2. The van der Waals surface area contributed by atoms with E-state index in [-0.39, 0.29) is 24.8 Å². The highest BCUT2D eigenvalue weighted by Gasteiger charge is 2.16. The average Bonchev–Trinajstić information content (AvgIpc) is 2.72. The van der Waals surface area contributed by atoms with Crippen molar-refractivity contribution in [3.05, 3.63) is 71.3 Å². The van der Waals surface area contributed by atoms with Crippen LogP contribution in [0.2, 0.25) is 0 Å². The Morgan fingerprint density at radius 3 is 2.38 bits per heavy atom. The number of hydrogen-bond donors (Lipinski definition) is 2. The normalized spacial score (nSPS) is 16.9. The summed E-state index contributed by atoms with van der Waals surface area (Å²) in [7, 11) is 0. The summed E-state index contributed by atoms with van der Waals surface area (Å²) in [6.07, 6.45) is 2.90. The number of nitrogens with zero attached hydrogens (tertiary/aromatic N) is 1. The van der Waals surface area contributed by atoms with Crippen LogP contribution in [-0.4, -0.2) is 36.3 Å². The Morgan fingerprint density at radius 2 is 1.66 bits per heavy atom. The Hall–Kier alpha value is -2.66. The van der Waals surface area contributed by atoms with Gasteiger partial charge in [-0.2, -0.15) is 0 Å². The minimum absolute atomic E-state index is 0.00308. The lowest BCUT2D eigenvalue weighted by Gasteiger charge is -2.30. The molecule has 1 saturated heterocycles. The van der Waals surface area contributed by atoms with Gasteiger partial charge < -0.3 is 10.6 Å². The van der Waals surface area contributed by atoms with Gasteiger partial charge in [-0.25, -0.2) is 0 Å². The fraction of sp³-hybridized carbons (Fsp3) is 0.417. The van der Waals surface area contributed by atoms with Gasteiger partial charge in [0.1, 0.15) is 0 Å². The van der Waals surface area contributed by atoms with Crippen LogP contribution in [-0.2, 0) is 29.1 Å². The Labute approximate surface area is 173 Å². The van der Waals surface area contributed by atoms with E-state index in [1.807, 2.05) is 30.3 Å². The highest BCUT2D eigenvalue weighted by molar-refractivity contribution is 5.85. The quantitative estimate of drug-likeness (QED) is 0.725. The van der Waals surface area contributed by atoms with E-state index in [2.05, 4.69) is 46.7 Å².